The summed E-state index contributed by atoms with van der Waals surface area (Å²) in [4.78, 5) is 13.0. The van der Waals surface area contributed by atoms with Crippen LogP contribution in [0, 0.1) is 5.41 Å². The molecule has 0 bridgehead atoms. The molecular formula is C19H22N4O4. The molecule has 0 saturated heterocycles. The average molecular weight is 370 g/mol. The van der Waals surface area contributed by atoms with Crippen molar-refractivity contribution in [1.29, 1.82) is 0 Å². The number of carbonyl (C=O) groups excluding carboxylic acids is 1. The Hall–Kier alpha value is -3.03. The number of phenols is 1. The van der Waals surface area contributed by atoms with Gasteiger partial charge in [0.2, 0.25) is 11.6 Å². The second-order valence-corrected chi connectivity index (χ2v) is 7.66. The fourth-order valence-electron chi connectivity index (χ4n) is 3.73. The number of Topliss-reactive ketones (excluding diaryl/α,β-unsaturated/α-hetero) is 1. The number of hydrogen-bond acceptors (Lipinski definition) is 8. The number of aromatic hydroxyl groups is 1. The number of phenolic OH excluding ortho intramolecular Hbond substituents is 1. The van der Waals surface area contributed by atoms with Crippen LogP contribution in [0.25, 0.3) is 0 Å². The molecule has 0 radical (unpaired) electrons. The van der Waals surface area contributed by atoms with Crippen LogP contribution in [0.4, 0.5) is 11.6 Å². The van der Waals surface area contributed by atoms with Crippen LogP contribution in [0.5, 0.6) is 11.5 Å². The maximum absolute atomic E-state index is 13.0. The smallest absolute Gasteiger partial charge is 0.219 e. The summed E-state index contributed by atoms with van der Waals surface area (Å²) in [5.74, 6) is 1.39. The van der Waals surface area contributed by atoms with Crippen LogP contribution in [0.3, 0.4) is 0 Å². The van der Waals surface area contributed by atoms with Crippen molar-refractivity contribution < 1.29 is 19.3 Å². The lowest BCUT2D eigenvalue weighted by Crippen LogP contribution is -2.31. The third-order valence-corrected chi connectivity index (χ3v) is 4.86. The number of carbonyl (C=O) groups is 1. The number of ether oxygens (including phenoxy) is 1. The van der Waals surface area contributed by atoms with Crippen molar-refractivity contribution in [1.82, 2.24) is 10.3 Å². The molecule has 3 N–H and O–H groups in total. The minimum atomic E-state index is -0.455. The molecular weight excluding hydrogens is 348 g/mol. The van der Waals surface area contributed by atoms with Gasteiger partial charge in [0.1, 0.15) is 0 Å². The van der Waals surface area contributed by atoms with Gasteiger partial charge in [0.15, 0.2) is 17.3 Å². The molecule has 1 aromatic heterocycles. The standard InChI is InChI=1S/C19H22N4O4/c1-4-26-14-7-10(5-6-12(14)24)16-15-11(8-19(2,3)9-13(15)25)20-17-18(21-16)23-27-22-17/h5-7,16,24H,4,8-9H2,1-3H3,(H,20,22)(H,21,23). The van der Waals surface area contributed by atoms with Gasteiger partial charge in [-0.1, -0.05) is 19.9 Å². The van der Waals surface area contributed by atoms with Crippen molar-refractivity contribution >= 4 is 17.4 Å². The Balaban J connectivity index is 1.85. The Morgan fingerprint density at radius 2 is 2.07 bits per heavy atom. The van der Waals surface area contributed by atoms with Crippen LogP contribution in [0.15, 0.2) is 34.1 Å². The fraction of sp³-hybridized carbons (Fsp3) is 0.421. The number of ketones is 1. The molecule has 1 atom stereocenters. The maximum Gasteiger partial charge on any atom is 0.219 e. The normalized spacial score (nSPS) is 20.9. The molecule has 1 unspecified atom stereocenters. The predicted octanol–water partition coefficient (Wildman–Crippen LogP) is 3.40. The SMILES string of the molecule is CCOc1cc(C2Nc3nonc3NC3=C2C(=O)CC(C)(C)C3)ccc1O. The number of nitrogens with one attached hydrogen (secondary N) is 2. The Bertz CT molecular complexity index is 932. The van der Waals surface area contributed by atoms with E-state index in [9.17, 15) is 9.90 Å². The van der Waals surface area contributed by atoms with E-state index in [1.165, 1.54) is 0 Å². The van der Waals surface area contributed by atoms with Crippen LogP contribution >= 0.6 is 0 Å². The zero-order valence-electron chi connectivity index (χ0n) is 15.5. The number of anilines is 2. The van der Waals surface area contributed by atoms with Crippen LogP contribution in [-0.4, -0.2) is 27.8 Å². The monoisotopic (exact) mass is 370 g/mol. The Kier molecular flexibility index (Phi) is 4.05. The highest BCUT2D eigenvalue weighted by Crippen LogP contribution is 2.45. The summed E-state index contributed by atoms with van der Waals surface area (Å²) in [6, 6.07) is 4.63. The van der Waals surface area contributed by atoms with Crippen molar-refractivity contribution in [3.05, 3.63) is 35.0 Å². The second-order valence-electron chi connectivity index (χ2n) is 7.66. The molecule has 4 rings (SSSR count). The van der Waals surface area contributed by atoms with Gasteiger partial charge in [0, 0.05) is 17.7 Å². The number of fused-ring (bicyclic) bond motifs is 1. The van der Waals surface area contributed by atoms with E-state index in [-0.39, 0.29) is 16.9 Å². The second kappa shape index (κ2) is 6.29. The van der Waals surface area contributed by atoms with Crippen molar-refractivity contribution in [2.24, 2.45) is 5.41 Å². The van der Waals surface area contributed by atoms with E-state index in [1.54, 1.807) is 18.2 Å². The Labute approximate surface area is 156 Å². The van der Waals surface area contributed by atoms with Crippen molar-refractivity contribution in [2.45, 2.75) is 39.7 Å². The van der Waals surface area contributed by atoms with Crippen molar-refractivity contribution in [2.75, 3.05) is 17.2 Å². The van der Waals surface area contributed by atoms with Gasteiger partial charge in [-0.15, -0.1) is 0 Å². The first-order valence-electron chi connectivity index (χ1n) is 8.96. The van der Waals surface area contributed by atoms with E-state index in [1.807, 2.05) is 6.92 Å². The number of nitrogens with zero attached hydrogens (tertiary/aromatic N) is 2. The zero-order chi connectivity index (χ0) is 19.2. The lowest BCUT2D eigenvalue weighted by Gasteiger charge is -2.34. The van der Waals surface area contributed by atoms with Gasteiger partial charge in [-0.2, -0.15) is 0 Å². The lowest BCUT2D eigenvalue weighted by atomic mass is 9.73. The first-order chi connectivity index (χ1) is 12.9. The van der Waals surface area contributed by atoms with E-state index in [0.717, 1.165) is 11.3 Å². The molecule has 0 saturated carbocycles. The molecule has 142 valence electrons. The summed E-state index contributed by atoms with van der Waals surface area (Å²) in [6.07, 6.45) is 1.16. The summed E-state index contributed by atoms with van der Waals surface area (Å²) < 4.78 is 10.4. The van der Waals surface area contributed by atoms with Crippen LogP contribution < -0.4 is 15.4 Å². The molecule has 1 aromatic carbocycles. The molecule has 27 heavy (non-hydrogen) atoms. The minimum Gasteiger partial charge on any atom is -0.504 e. The molecule has 1 aliphatic carbocycles. The zero-order valence-corrected chi connectivity index (χ0v) is 15.5. The van der Waals surface area contributed by atoms with E-state index in [4.69, 9.17) is 9.37 Å². The van der Waals surface area contributed by atoms with E-state index < -0.39 is 6.04 Å². The quantitative estimate of drug-likeness (QED) is 0.754. The molecule has 1 aliphatic heterocycles. The molecule has 8 heteroatoms. The Morgan fingerprint density at radius 3 is 2.85 bits per heavy atom. The first-order valence-corrected chi connectivity index (χ1v) is 8.96. The molecule has 0 spiro atoms. The van der Waals surface area contributed by atoms with Gasteiger partial charge in [0.05, 0.1) is 12.6 Å². The highest BCUT2D eigenvalue weighted by molar-refractivity contribution is 6.00. The van der Waals surface area contributed by atoms with E-state index in [0.29, 0.717) is 42.4 Å². The minimum absolute atomic E-state index is 0.0569. The van der Waals surface area contributed by atoms with Crippen molar-refractivity contribution in [3.63, 3.8) is 0 Å². The van der Waals surface area contributed by atoms with Crippen LogP contribution in [0.2, 0.25) is 0 Å². The number of allylic oxidation sites excluding steroid dienone is 1. The number of hydrogen-bond donors (Lipinski definition) is 3. The van der Waals surface area contributed by atoms with Crippen LogP contribution in [0.1, 0.15) is 45.2 Å². The summed E-state index contributed by atoms with van der Waals surface area (Å²) in [6.45, 7) is 6.41. The highest BCUT2D eigenvalue weighted by Gasteiger charge is 2.39. The van der Waals surface area contributed by atoms with Crippen molar-refractivity contribution in [3.8, 4) is 11.5 Å². The Morgan fingerprint density at radius 1 is 1.30 bits per heavy atom. The van der Waals surface area contributed by atoms with Gasteiger partial charge < -0.3 is 20.5 Å². The number of aromatic nitrogens is 2. The lowest BCUT2D eigenvalue weighted by molar-refractivity contribution is -0.118. The topological polar surface area (TPSA) is 110 Å². The highest BCUT2D eigenvalue weighted by atomic mass is 16.6. The van der Waals surface area contributed by atoms with Gasteiger partial charge in [-0.3, -0.25) is 4.79 Å². The third-order valence-electron chi connectivity index (χ3n) is 4.86. The summed E-state index contributed by atoms with van der Waals surface area (Å²) in [5.41, 5.74) is 2.10. The van der Waals surface area contributed by atoms with Gasteiger partial charge in [-0.05, 0) is 46.8 Å². The van der Waals surface area contributed by atoms with Gasteiger partial charge in [-0.25, -0.2) is 4.63 Å². The van der Waals surface area contributed by atoms with E-state index >= 15 is 0 Å². The fourth-order valence-corrected chi connectivity index (χ4v) is 3.73. The maximum atomic E-state index is 13.0. The largest absolute Gasteiger partial charge is 0.504 e. The summed E-state index contributed by atoms with van der Waals surface area (Å²) in [7, 11) is 0. The number of rotatable bonds is 3. The predicted molar refractivity (Wildman–Crippen MR) is 98.6 cm³/mol. The average Bonchev–Trinajstić information content (AvgIpc) is 2.95. The molecule has 0 amide bonds. The van der Waals surface area contributed by atoms with E-state index in [2.05, 4.69) is 34.8 Å². The first kappa shape index (κ1) is 17.4. The molecule has 0 fully saturated rings. The third kappa shape index (κ3) is 3.11. The van der Waals surface area contributed by atoms with Crippen LogP contribution in [-0.2, 0) is 4.79 Å². The molecule has 8 nitrogen and oxygen atoms in total. The van der Waals surface area contributed by atoms with Gasteiger partial charge in [0.25, 0.3) is 0 Å². The molecule has 2 aliphatic rings. The van der Waals surface area contributed by atoms with Gasteiger partial charge >= 0.3 is 0 Å². The number of benzene rings is 1. The summed E-state index contributed by atoms with van der Waals surface area (Å²) in [5, 5.41) is 24.3. The summed E-state index contributed by atoms with van der Waals surface area (Å²) >= 11 is 0. The molecule has 2 heterocycles. The molecule has 2 aromatic rings.